The molecule has 100 valence electrons. The summed E-state index contributed by atoms with van der Waals surface area (Å²) < 4.78 is 0. The van der Waals surface area contributed by atoms with Gasteiger partial charge >= 0.3 is 0 Å². The zero-order valence-electron chi connectivity index (χ0n) is 11.1. The first-order valence-corrected chi connectivity index (χ1v) is 6.56. The third-order valence-corrected chi connectivity index (χ3v) is 2.97. The maximum absolute atomic E-state index is 11.9. The molecule has 0 saturated carbocycles. The van der Waals surface area contributed by atoms with Crippen molar-refractivity contribution in [1.82, 2.24) is 4.98 Å². The molecule has 19 heavy (non-hydrogen) atoms. The SMILES string of the molecule is CC(N)CCCC(=O)Nc1cccc2cccnc12. The third-order valence-electron chi connectivity index (χ3n) is 2.97. The first-order valence-electron chi connectivity index (χ1n) is 6.56. The second-order valence-electron chi connectivity index (χ2n) is 4.80. The summed E-state index contributed by atoms with van der Waals surface area (Å²) in [6.07, 6.45) is 3.89. The van der Waals surface area contributed by atoms with Gasteiger partial charge in [-0.15, -0.1) is 0 Å². The first kappa shape index (κ1) is 13.5. The lowest BCUT2D eigenvalue weighted by atomic mass is 10.1. The number of rotatable bonds is 5. The number of nitrogens with two attached hydrogens (primary N) is 1. The summed E-state index contributed by atoms with van der Waals surface area (Å²) in [4.78, 5) is 16.2. The molecule has 0 aliphatic rings. The summed E-state index contributed by atoms with van der Waals surface area (Å²) in [5, 5.41) is 3.94. The number of hydrogen-bond acceptors (Lipinski definition) is 3. The quantitative estimate of drug-likeness (QED) is 0.865. The average molecular weight is 257 g/mol. The average Bonchev–Trinajstić information content (AvgIpc) is 2.39. The van der Waals surface area contributed by atoms with Crippen LogP contribution in [0.25, 0.3) is 10.9 Å². The van der Waals surface area contributed by atoms with Crippen LogP contribution < -0.4 is 11.1 Å². The molecule has 2 aromatic rings. The van der Waals surface area contributed by atoms with Gasteiger partial charge in [-0.2, -0.15) is 0 Å². The van der Waals surface area contributed by atoms with Crippen LogP contribution in [0, 0.1) is 0 Å². The van der Waals surface area contributed by atoms with E-state index in [4.69, 9.17) is 5.73 Å². The molecule has 1 aromatic carbocycles. The van der Waals surface area contributed by atoms with Gasteiger partial charge in [0, 0.05) is 24.0 Å². The van der Waals surface area contributed by atoms with Gasteiger partial charge in [-0.3, -0.25) is 9.78 Å². The molecule has 3 N–H and O–H groups in total. The van der Waals surface area contributed by atoms with Crippen molar-refractivity contribution < 1.29 is 4.79 Å². The van der Waals surface area contributed by atoms with E-state index in [0.29, 0.717) is 6.42 Å². The van der Waals surface area contributed by atoms with E-state index in [2.05, 4.69) is 10.3 Å². The number of pyridine rings is 1. The van der Waals surface area contributed by atoms with Gasteiger partial charge < -0.3 is 11.1 Å². The Morgan fingerprint density at radius 1 is 1.37 bits per heavy atom. The number of nitrogens with zero attached hydrogens (tertiary/aromatic N) is 1. The number of benzene rings is 1. The lowest BCUT2D eigenvalue weighted by molar-refractivity contribution is -0.116. The van der Waals surface area contributed by atoms with Crippen molar-refractivity contribution in [3.63, 3.8) is 0 Å². The summed E-state index contributed by atoms with van der Waals surface area (Å²) in [5.74, 6) is 0.0128. The number of carbonyl (C=O) groups excluding carboxylic acids is 1. The van der Waals surface area contributed by atoms with Crippen LogP contribution in [0.15, 0.2) is 36.5 Å². The fourth-order valence-corrected chi connectivity index (χ4v) is 2.00. The Hall–Kier alpha value is -1.94. The molecule has 1 unspecified atom stereocenters. The fourth-order valence-electron chi connectivity index (χ4n) is 2.00. The molecule has 4 nitrogen and oxygen atoms in total. The van der Waals surface area contributed by atoms with E-state index in [1.54, 1.807) is 6.20 Å². The predicted octanol–water partition coefficient (Wildman–Crippen LogP) is 2.69. The van der Waals surface area contributed by atoms with E-state index in [9.17, 15) is 4.79 Å². The van der Waals surface area contributed by atoms with Crippen LogP contribution in [0.2, 0.25) is 0 Å². The summed E-state index contributed by atoms with van der Waals surface area (Å²) in [5.41, 5.74) is 7.26. The Kier molecular flexibility index (Phi) is 4.47. The predicted molar refractivity (Wildman–Crippen MR) is 77.9 cm³/mol. The van der Waals surface area contributed by atoms with Gasteiger partial charge in [0.25, 0.3) is 0 Å². The number of amides is 1. The highest BCUT2D eigenvalue weighted by Gasteiger charge is 2.06. The summed E-state index contributed by atoms with van der Waals surface area (Å²) in [6, 6.07) is 9.78. The molecule has 0 fully saturated rings. The Labute approximate surface area is 113 Å². The van der Waals surface area contributed by atoms with Gasteiger partial charge in [-0.05, 0) is 31.9 Å². The fraction of sp³-hybridized carbons (Fsp3) is 0.333. The molecular formula is C15H19N3O. The van der Waals surface area contributed by atoms with Crippen molar-refractivity contribution in [2.75, 3.05) is 5.32 Å². The first-order chi connectivity index (χ1) is 9.16. The molecule has 0 spiro atoms. The second-order valence-corrected chi connectivity index (χ2v) is 4.80. The number of carbonyl (C=O) groups is 1. The Morgan fingerprint density at radius 2 is 2.16 bits per heavy atom. The van der Waals surface area contributed by atoms with Crippen LogP contribution in [0.1, 0.15) is 26.2 Å². The van der Waals surface area contributed by atoms with Crippen LogP contribution in [0.5, 0.6) is 0 Å². The van der Waals surface area contributed by atoms with Crippen LogP contribution >= 0.6 is 0 Å². The number of para-hydroxylation sites is 1. The molecule has 1 atom stereocenters. The maximum Gasteiger partial charge on any atom is 0.224 e. The molecule has 2 rings (SSSR count). The normalized spacial score (nSPS) is 12.3. The van der Waals surface area contributed by atoms with Gasteiger partial charge in [0.15, 0.2) is 0 Å². The smallest absolute Gasteiger partial charge is 0.224 e. The molecule has 0 aliphatic carbocycles. The van der Waals surface area contributed by atoms with Crippen molar-refractivity contribution >= 4 is 22.5 Å². The monoisotopic (exact) mass is 257 g/mol. The summed E-state index contributed by atoms with van der Waals surface area (Å²) >= 11 is 0. The van der Waals surface area contributed by atoms with E-state index in [1.165, 1.54) is 0 Å². The van der Waals surface area contributed by atoms with Crippen LogP contribution in [-0.2, 0) is 4.79 Å². The van der Waals surface area contributed by atoms with Gasteiger partial charge in [-0.25, -0.2) is 0 Å². The van der Waals surface area contributed by atoms with E-state index >= 15 is 0 Å². The van der Waals surface area contributed by atoms with Crippen LogP contribution in [0.4, 0.5) is 5.69 Å². The molecular weight excluding hydrogens is 238 g/mol. The van der Waals surface area contributed by atoms with Crippen molar-refractivity contribution in [2.45, 2.75) is 32.2 Å². The minimum atomic E-state index is 0.0128. The number of hydrogen-bond donors (Lipinski definition) is 2. The van der Waals surface area contributed by atoms with Crippen LogP contribution in [-0.4, -0.2) is 16.9 Å². The van der Waals surface area contributed by atoms with E-state index in [-0.39, 0.29) is 11.9 Å². The number of anilines is 1. The molecule has 1 amide bonds. The highest BCUT2D eigenvalue weighted by atomic mass is 16.1. The standard InChI is InChI=1S/C15H19N3O/c1-11(16)5-2-9-14(19)18-13-8-3-6-12-7-4-10-17-15(12)13/h3-4,6-8,10-11H,2,5,9,16H2,1H3,(H,18,19). The molecule has 0 bridgehead atoms. The number of fused-ring (bicyclic) bond motifs is 1. The largest absolute Gasteiger partial charge is 0.328 e. The third kappa shape index (κ3) is 3.76. The van der Waals surface area contributed by atoms with E-state index in [1.807, 2.05) is 37.3 Å². The molecule has 4 heteroatoms. The Morgan fingerprint density at radius 3 is 2.95 bits per heavy atom. The highest BCUT2D eigenvalue weighted by Crippen LogP contribution is 2.20. The summed E-state index contributed by atoms with van der Waals surface area (Å²) in [6.45, 7) is 1.95. The minimum Gasteiger partial charge on any atom is -0.328 e. The molecule has 0 saturated heterocycles. The van der Waals surface area contributed by atoms with Crippen molar-refractivity contribution in [1.29, 1.82) is 0 Å². The number of nitrogens with one attached hydrogen (secondary N) is 1. The van der Waals surface area contributed by atoms with E-state index in [0.717, 1.165) is 29.4 Å². The minimum absolute atomic E-state index is 0.0128. The van der Waals surface area contributed by atoms with Crippen molar-refractivity contribution in [3.8, 4) is 0 Å². The van der Waals surface area contributed by atoms with E-state index < -0.39 is 0 Å². The molecule has 1 heterocycles. The maximum atomic E-state index is 11.9. The lowest BCUT2D eigenvalue weighted by Gasteiger charge is -2.08. The second kappa shape index (κ2) is 6.29. The highest BCUT2D eigenvalue weighted by molar-refractivity contribution is 6.00. The van der Waals surface area contributed by atoms with Gasteiger partial charge in [0.1, 0.15) is 0 Å². The molecule has 0 aliphatic heterocycles. The molecule has 0 radical (unpaired) electrons. The van der Waals surface area contributed by atoms with Gasteiger partial charge in [0.05, 0.1) is 11.2 Å². The lowest BCUT2D eigenvalue weighted by Crippen LogP contribution is -2.17. The van der Waals surface area contributed by atoms with Crippen molar-refractivity contribution in [3.05, 3.63) is 36.5 Å². The van der Waals surface area contributed by atoms with Crippen molar-refractivity contribution in [2.24, 2.45) is 5.73 Å². The van der Waals surface area contributed by atoms with Gasteiger partial charge in [0.2, 0.25) is 5.91 Å². The molecule has 1 aromatic heterocycles. The van der Waals surface area contributed by atoms with Gasteiger partial charge in [-0.1, -0.05) is 18.2 Å². The zero-order valence-corrected chi connectivity index (χ0v) is 11.1. The Bertz CT molecular complexity index is 561. The zero-order chi connectivity index (χ0) is 13.7. The number of aromatic nitrogens is 1. The Balaban J connectivity index is 2.03. The summed E-state index contributed by atoms with van der Waals surface area (Å²) in [7, 11) is 0. The van der Waals surface area contributed by atoms with Crippen LogP contribution in [0.3, 0.4) is 0 Å². The topological polar surface area (TPSA) is 68.0 Å².